The van der Waals surface area contributed by atoms with Gasteiger partial charge in [-0.15, -0.1) is 0 Å². The number of rotatable bonds is 6. The lowest BCUT2D eigenvalue weighted by Crippen LogP contribution is -2.26. The fourth-order valence-corrected chi connectivity index (χ4v) is 4.49. The normalized spacial score (nSPS) is 11.3. The highest BCUT2D eigenvalue weighted by molar-refractivity contribution is 9.10. The number of H-pyrrole nitrogens is 1. The van der Waals surface area contributed by atoms with Crippen molar-refractivity contribution in [2.75, 3.05) is 16.7 Å². The Bertz CT molecular complexity index is 1370. The van der Waals surface area contributed by atoms with Gasteiger partial charge in [0.25, 0.3) is 15.9 Å². The van der Waals surface area contributed by atoms with E-state index in [1.54, 1.807) is 42.5 Å². The van der Waals surface area contributed by atoms with Crippen LogP contribution in [0.4, 0.5) is 11.4 Å². The largest absolute Gasteiger partial charge is 0.458 e. The van der Waals surface area contributed by atoms with Crippen LogP contribution in [0, 0.1) is 0 Å². The highest BCUT2D eigenvalue weighted by atomic mass is 79.9. The van der Waals surface area contributed by atoms with E-state index in [0.29, 0.717) is 27.8 Å². The number of furan rings is 1. The predicted octanol–water partition coefficient (Wildman–Crippen LogP) is 4.56. The van der Waals surface area contributed by atoms with Crippen molar-refractivity contribution in [2.45, 2.75) is 4.90 Å². The van der Waals surface area contributed by atoms with Crippen LogP contribution in [0.2, 0.25) is 5.02 Å². The van der Waals surface area contributed by atoms with E-state index in [-0.39, 0.29) is 10.7 Å². The highest BCUT2D eigenvalue weighted by Crippen LogP contribution is 2.30. The van der Waals surface area contributed by atoms with Gasteiger partial charge in [0, 0.05) is 28.2 Å². The summed E-state index contributed by atoms with van der Waals surface area (Å²) < 4.78 is 33.0. The Morgan fingerprint density at radius 2 is 1.94 bits per heavy atom. The minimum atomic E-state index is -3.95. The number of aromatic nitrogens is 3. The predicted molar refractivity (Wildman–Crippen MR) is 123 cm³/mol. The first kappa shape index (κ1) is 22.1. The fourth-order valence-electron chi connectivity index (χ4n) is 2.86. The molecular weight excluding hydrogens is 522 g/mol. The molecule has 9 nitrogen and oxygen atoms in total. The third-order valence-corrected chi connectivity index (χ3v) is 7.03. The first-order valence-corrected chi connectivity index (χ1v) is 11.7. The summed E-state index contributed by atoms with van der Waals surface area (Å²) in [6.45, 7) is 0. The smallest absolute Gasteiger partial charge is 0.291 e. The van der Waals surface area contributed by atoms with Gasteiger partial charge in [-0.1, -0.05) is 27.5 Å². The van der Waals surface area contributed by atoms with Crippen molar-refractivity contribution in [3.8, 4) is 11.4 Å². The van der Waals surface area contributed by atoms with Gasteiger partial charge in [0.2, 0.25) is 0 Å². The Hall–Kier alpha value is -3.15. The van der Waals surface area contributed by atoms with Gasteiger partial charge in [0.05, 0.1) is 11.4 Å². The molecule has 0 unspecified atom stereocenters. The van der Waals surface area contributed by atoms with E-state index >= 15 is 0 Å². The van der Waals surface area contributed by atoms with Crippen molar-refractivity contribution in [2.24, 2.45) is 0 Å². The lowest BCUT2D eigenvalue weighted by atomic mass is 10.1. The van der Waals surface area contributed by atoms with E-state index in [1.807, 2.05) is 0 Å². The van der Waals surface area contributed by atoms with Crippen molar-refractivity contribution in [3.05, 3.63) is 76.4 Å². The molecule has 2 heterocycles. The van der Waals surface area contributed by atoms with Crippen molar-refractivity contribution in [3.63, 3.8) is 0 Å². The Labute approximate surface area is 196 Å². The summed E-state index contributed by atoms with van der Waals surface area (Å²) in [6, 6.07) is 12.7. The quantitative estimate of drug-likeness (QED) is 0.373. The molecule has 1 amide bonds. The second kappa shape index (κ2) is 8.77. The van der Waals surface area contributed by atoms with Crippen LogP contribution >= 0.6 is 27.5 Å². The Balaban J connectivity index is 1.58. The zero-order valence-electron chi connectivity index (χ0n) is 16.4. The van der Waals surface area contributed by atoms with Crippen LogP contribution in [0.5, 0.6) is 0 Å². The molecule has 2 N–H and O–H groups in total. The number of benzene rings is 2. The maximum Gasteiger partial charge on any atom is 0.291 e. The number of carbonyl (C=O) groups excluding carboxylic acids is 1. The van der Waals surface area contributed by atoms with Gasteiger partial charge in [-0.25, -0.2) is 13.4 Å². The topological polar surface area (TPSA) is 121 Å². The number of carbonyl (C=O) groups is 1. The Morgan fingerprint density at radius 3 is 2.62 bits per heavy atom. The van der Waals surface area contributed by atoms with Gasteiger partial charge in [0.15, 0.2) is 11.6 Å². The molecule has 0 radical (unpaired) electrons. The van der Waals surface area contributed by atoms with Crippen LogP contribution < -0.4 is 9.62 Å². The van der Waals surface area contributed by atoms with E-state index < -0.39 is 15.9 Å². The summed E-state index contributed by atoms with van der Waals surface area (Å²) >= 11 is 9.25. The molecule has 0 fully saturated rings. The third kappa shape index (κ3) is 4.40. The molecule has 0 aliphatic rings. The first-order chi connectivity index (χ1) is 15.3. The summed E-state index contributed by atoms with van der Waals surface area (Å²) in [5.74, 6) is -0.336. The molecule has 0 saturated carbocycles. The van der Waals surface area contributed by atoms with Crippen LogP contribution in [0.25, 0.3) is 11.4 Å². The molecule has 4 rings (SSSR count). The lowest BCUT2D eigenvalue weighted by Gasteiger charge is -2.18. The van der Waals surface area contributed by atoms with Crippen molar-refractivity contribution >= 4 is 54.8 Å². The first-order valence-electron chi connectivity index (χ1n) is 9.05. The minimum Gasteiger partial charge on any atom is -0.458 e. The Morgan fingerprint density at radius 1 is 1.19 bits per heavy atom. The van der Waals surface area contributed by atoms with Crippen LogP contribution in [-0.4, -0.2) is 36.6 Å². The summed E-state index contributed by atoms with van der Waals surface area (Å²) in [5.41, 5.74) is 1.44. The van der Waals surface area contributed by atoms with Crippen LogP contribution in [0.15, 0.2) is 74.9 Å². The molecule has 2 aromatic heterocycles. The van der Waals surface area contributed by atoms with Crippen LogP contribution in [0.1, 0.15) is 10.6 Å². The number of halogens is 2. The van der Waals surface area contributed by atoms with Crippen LogP contribution in [-0.2, 0) is 10.0 Å². The van der Waals surface area contributed by atoms with Crippen molar-refractivity contribution in [1.82, 2.24) is 15.2 Å². The molecule has 0 spiro atoms. The monoisotopic (exact) mass is 535 g/mol. The molecule has 0 aliphatic carbocycles. The van der Waals surface area contributed by atoms with Crippen LogP contribution in [0.3, 0.4) is 0 Å². The molecule has 0 saturated heterocycles. The number of sulfonamides is 1. The summed E-state index contributed by atoms with van der Waals surface area (Å²) in [5, 5.41) is 9.76. The maximum atomic E-state index is 12.9. The molecular formula is C20H15BrClN5O4S. The zero-order chi connectivity index (χ0) is 22.9. The number of hydrogen-bond acceptors (Lipinski definition) is 6. The molecule has 0 atom stereocenters. The average molecular weight is 537 g/mol. The second-order valence-electron chi connectivity index (χ2n) is 6.57. The van der Waals surface area contributed by atoms with Gasteiger partial charge < -0.3 is 9.73 Å². The van der Waals surface area contributed by atoms with Gasteiger partial charge in [-0.05, 0) is 42.5 Å². The molecule has 32 heavy (non-hydrogen) atoms. The minimum absolute atomic E-state index is 0.161. The summed E-state index contributed by atoms with van der Waals surface area (Å²) in [7, 11) is -2.55. The number of anilines is 2. The molecule has 0 bridgehead atoms. The maximum absolute atomic E-state index is 12.9. The molecule has 164 valence electrons. The molecule has 12 heteroatoms. The molecule has 0 aliphatic heterocycles. The fraction of sp³-hybridized carbons (Fsp3) is 0.0500. The highest BCUT2D eigenvalue weighted by Gasteiger charge is 2.26. The number of hydrogen-bond donors (Lipinski definition) is 2. The molecule has 2 aromatic carbocycles. The standard InChI is InChI=1S/C20H15BrClN5O4S/c1-27(14-5-3-13(22)4-6-14)32(29,30)15-9-18(31-10-15)20(28)25-17-7-2-12(21)8-16(17)19-23-11-24-26-19/h2-11H,1H3,(H,25,28)(H,23,24,26). The van der Waals surface area contributed by atoms with E-state index in [4.69, 9.17) is 16.0 Å². The van der Waals surface area contributed by atoms with Gasteiger partial charge >= 0.3 is 0 Å². The third-order valence-electron chi connectivity index (χ3n) is 4.55. The average Bonchev–Trinajstić information content (AvgIpc) is 3.48. The number of nitrogens with zero attached hydrogens (tertiary/aromatic N) is 3. The number of amides is 1. The van der Waals surface area contributed by atoms with Crippen molar-refractivity contribution in [1.29, 1.82) is 0 Å². The van der Waals surface area contributed by atoms with Gasteiger partial charge in [0.1, 0.15) is 17.5 Å². The van der Waals surface area contributed by atoms with E-state index in [1.165, 1.54) is 19.4 Å². The van der Waals surface area contributed by atoms with E-state index in [9.17, 15) is 13.2 Å². The van der Waals surface area contributed by atoms with Crippen molar-refractivity contribution < 1.29 is 17.6 Å². The van der Waals surface area contributed by atoms with E-state index in [2.05, 4.69) is 36.4 Å². The van der Waals surface area contributed by atoms with E-state index in [0.717, 1.165) is 15.0 Å². The number of nitrogens with one attached hydrogen (secondary N) is 2. The van der Waals surface area contributed by atoms with Gasteiger partial charge in [-0.2, -0.15) is 5.10 Å². The number of aromatic amines is 1. The SMILES string of the molecule is CN(c1ccc(Cl)cc1)S(=O)(=O)c1coc(C(=O)Nc2ccc(Br)cc2-c2ncn[nH]2)c1. The summed E-state index contributed by atoms with van der Waals surface area (Å²) in [4.78, 5) is 16.7. The zero-order valence-corrected chi connectivity index (χ0v) is 19.6. The molecule has 4 aromatic rings. The Kier molecular flexibility index (Phi) is 6.04. The lowest BCUT2D eigenvalue weighted by molar-refractivity contribution is 0.0996. The second-order valence-corrected chi connectivity index (χ2v) is 9.90. The van der Waals surface area contributed by atoms with Gasteiger partial charge in [-0.3, -0.25) is 14.2 Å². The summed E-state index contributed by atoms with van der Waals surface area (Å²) in [6.07, 6.45) is 2.37.